The molecule has 3 nitrogen and oxygen atoms in total. The Bertz CT molecular complexity index is 160. The van der Waals surface area contributed by atoms with Crippen molar-refractivity contribution in [2.75, 3.05) is 5.75 Å². The average molecular weight is 168 g/mol. The van der Waals surface area contributed by atoms with Gasteiger partial charge in [0.15, 0.2) is 0 Å². The molecule has 0 aliphatic heterocycles. The quantitative estimate of drug-likeness (QED) is 0.360. The largest absolute Gasteiger partial charge is 2.00 e. The van der Waals surface area contributed by atoms with Crippen LogP contribution in [0.2, 0.25) is 0 Å². The van der Waals surface area contributed by atoms with Crippen LogP contribution in [0.25, 0.3) is 0 Å². The van der Waals surface area contributed by atoms with E-state index in [1.54, 1.807) is 0 Å². The summed E-state index contributed by atoms with van der Waals surface area (Å²) in [5, 5.41) is 0. The molecule has 0 spiro atoms. The Labute approximate surface area is 72.4 Å². The summed E-state index contributed by atoms with van der Waals surface area (Å²) in [6.45, 7) is 3.11. The Morgan fingerprint density at radius 3 is 2.00 bits per heavy atom. The second-order valence-electron chi connectivity index (χ2n) is 1.04. The fourth-order valence-electron chi connectivity index (χ4n) is 0.149. The van der Waals surface area contributed by atoms with Gasteiger partial charge in [-0.25, -0.2) is 0 Å². The number of hydrogen-bond acceptors (Lipinski definition) is 2. The molecule has 0 aromatic rings. The minimum atomic E-state index is -3.79. The van der Waals surface area contributed by atoms with Crippen molar-refractivity contribution >= 4 is 33.2 Å². The van der Waals surface area contributed by atoms with Gasteiger partial charge in [-0.1, -0.05) is 6.08 Å². The predicted octanol–water partition coefficient (Wildman–Crippen LogP) is 0.0569. The van der Waals surface area contributed by atoms with Crippen LogP contribution in [0.3, 0.4) is 0 Å². The van der Waals surface area contributed by atoms with E-state index in [4.69, 9.17) is 4.55 Å². The molecule has 0 aromatic heterocycles. The molecule has 0 radical (unpaired) electrons. The fraction of sp³-hybridized carbons (Fsp3) is 0.333. The summed E-state index contributed by atoms with van der Waals surface area (Å²) in [5.74, 6) is -0.368. The second kappa shape index (κ2) is 6.47. The van der Waals surface area contributed by atoms with Gasteiger partial charge in [0.05, 0.1) is 5.75 Å². The van der Waals surface area contributed by atoms with Crippen LogP contribution in [-0.4, -0.2) is 41.8 Å². The molecule has 0 bridgehead atoms. The molecule has 0 atom stereocenters. The van der Waals surface area contributed by atoms with E-state index in [9.17, 15) is 8.42 Å². The molecular formula is C3H9FMgO3S. The van der Waals surface area contributed by atoms with Crippen molar-refractivity contribution in [3.8, 4) is 0 Å². The van der Waals surface area contributed by atoms with Crippen LogP contribution in [0.5, 0.6) is 0 Å². The first-order valence-corrected chi connectivity index (χ1v) is 3.23. The van der Waals surface area contributed by atoms with Crippen LogP contribution >= 0.6 is 0 Å². The SMILES string of the molecule is C=CCS(=O)(=O)O.F.[H-].[H-].[Mg+2]. The van der Waals surface area contributed by atoms with Gasteiger partial charge in [-0.15, -0.1) is 6.58 Å². The van der Waals surface area contributed by atoms with Crippen LogP contribution in [0.15, 0.2) is 12.7 Å². The van der Waals surface area contributed by atoms with Crippen LogP contribution in [0, 0.1) is 0 Å². The minimum absolute atomic E-state index is 0. The maximum Gasteiger partial charge on any atom is 2.00 e. The molecule has 1 N–H and O–H groups in total. The van der Waals surface area contributed by atoms with Crippen molar-refractivity contribution in [1.29, 1.82) is 0 Å². The average Bonchev–Trinajstić information content (AvgIpc) is 1.30. The van der Waals surface area contributed by atoms with Gasteiger partial charge in [0.2, 0.25) is 0 Å². The first-order valence-electron chi connectivity index (χ1n) is 1.62. The van der Waals surface area contributed by atoms with Crippen molar-refractivity contribution in [2.45, 2.75) is 0 Å². The summed E-state index contributed by atoms with van der Waals surface area (Å²) < 4.78 is 27.3. The van der Waals surface area contributed by atoms with Gasteiger partial charge in [0, 0.05) is 0 Å². The molecule has 0 unspecified atom stereocenters. The predicted molar refractivity (Wildman–Crippen MR) is 37.1 cm³/mol. The second-order valence-corrected chi connectivity index (χ2v) is 2.53. The first-order chi connectivity index (χ1) is 3.06. The van der Waals surface area contributed by atoms with Crippen molar-refractivity contribution in [1.82, 2.24) is 0 Å². The Hall–Kier alpha value is 0.346. The molecule has 0 aliphatic carbocycles. The molecule has 6 heteroatoms. The van der Waals surface area contributed by atoms with Gasteiger partial charge in [-0.05, 0) is 0 Å². The third kappa shape index (κ3) is 17.8. The van der Waals surface area contributed by atoms with Crippen molar-refractivity contribution in [2.24, 2.45) is 0 Å². The summed E-state index contributed by atoms with van der Waals surface area (Å²) in [6.07, 6.45) is 1.12. The van der Waals surface area contributed by atoms with E-state index in [1.807, 2.05) is 0 Å². The first kappa shape index (κ1) is 16.2. The van der Waals surface area contributed by atoms with Crippen LogP contribution in [0.1, 0.15) is 2.85 Å². The molecule has 0 saturated carbocycles. The van der Waals surface area contributed by atoms with E-state index >= 15 is 0 Å². The van der Waals surface area contributed by atoms with Gasteiger partial charge in [-0.2, -0.15) is 8.42 Å². The van der Waals surface area contributed by atoms with E-state index in [0.717, 1.165) is 6.08 Å². The molecule has 54 valence electrons. The molecule has 0 fully saturated rings. The zero-order valence-corrected chi connectivity index (χ0v) is 7.01. The summed E-state index contributed by atoms with van der Waals surface area (Å²) in [6, 6.07) is 0. The van der Waals surface area contributed by atoms with Gasteiger partial charge in [0.1, 0.15) is 0 Å². The maximum absolute atomic E-state index is 9.72. The molecule has 0 aliphatic rings. The van der Waals surface area contributed by atoms with E-state index in [1.165, 1.54) is 0 Å². The summed E-state index contributed by atoms with van der Waals surface area (Å²) >= 11 is 0. The third-order valence-electron chi connectivity index (χ3n) is 0.328. The molecule has 0 aromatic carbocycles. The third-order valence-corrected chi connectivity index (χ3v) is 0.985. The number of halogens is 1. The Balaban J connectivity index is -0.0000000300. The Morgan fingerprint density at radius 2 is 2.00 bits per heavy atom. The van der Waals surface area contributed by atoms with Crippen LogP contribution in [0.4, 0.5) is 4.70 Å². The molecular weight excluding hydrogens is 159 g/mol. The molecule has 9 heavy (non-hydrogen) atoms. The Kier molecular flexibility index (Phi) is 11.6. The smallest absolute Gasteiger partial charge is 1.00 e. The van der Waals surface area contributed by atoms with Gasteiger partial charge < -0.3 is 2.85 Å². The van der Waals surface area contributed by atoms with E-state index in [2.05, 4.69) is 6.58 Å². The van der Waals surface area contributed by atoms with Crippen molar-refractivity contribution in [3.05, 3.63) is 12.7 Å². The normalized spacial score (nSPS) is 8.56. The topological polar surface area (TPSA) is 54.4 Å². The standard InChI is InChI=1S/C3H6O3S.FH.Mg.2H/c1-2-3-7(4,5)6;;;;/h2H,1,3H2,(H,4,5,6);1H;;;/q;;+2;2*-1. The van der Waals surface area contributed by atoms with E-state index < -0.39 is 10.1 Å². The maximum atomic E-state index is 9.72. The minimum Gasteiger partial charge on any atom is -1.00 e. The molecule has 0 rings (SSSR count). The number of hydrogen-bond donors (Lipinski definition) is 1. The number of rotatable bonds is 2. The van der Waals surface area contributed by atoms with Gasteiger partial charge >= 0.3 is 23.1 Å². The monoisotopic (exact) mass is 168 g/mol. The van der Waals surface area contributed by atoms with Gasteiger partial charge in [0.25, 0.3) is 10.1 Å². The van der Waals surface area contributed by atoms with E-state index in [0.29, 0.717) is 0 Å². The molecule has 0 heterocycles. The van der Waals surface area contributed by atoms with Crippen molar-refractivity contribution < 1.29 is 20.5 Å². The van der Waals surface area contributed by atoms with Crippen LogP contribution in [-0.2, 0) is 10.1 Å². The summed E-state index contributed by atoms with van der Waals surface area (Å²) in [7, 11) is -3.79. The molecule has 0 saturated heterocycles. The Morgan fingerprint density at radius 1 is 1.67 bits per heavy atom. The van der Waals surface area contributed by atoms with Crippen LogP contribution < -0.4 is 0 Å². The van der Waals surface area contributed by atoms with Crippen molar-refractivity contribution in [3.63, 3.8) is 0 Å². The fourth-order valence-corrected chi connectivity index (χ4v) is 0.447. The zero-order chi connectivity index (χ0) is 5.91. The summed E-state index contributed by atoms with van der Waals surface area (Å²) in [5.41, 5.74) is 0. The van der Waals surface area contributed by atoms with E-state index in [-0.39, 0.29) is 36.4 Å². The molecule has 0 amide bonds. The zero-order valence-electron chi connectivity index (χ0n) is 6.78. The van der Waals surface area contributed by atoms with Gasteiger partial charge in [-0.3, -0.25) is 9.26 Å². The summed E-state index contributed by atoms with van der Waals surface area (Å²) in [4.78, 5) is 0.